The maximum absolute atomic E-state index is 13.3. The highest BCUT2D eigenvalue weighted by Gasteiger charge is 2.35. The van der Waals surface area contributed by atoms with E-state index in [1.807, 2.05) is 62.4 Å². The van der Waals surface area contributed by atoms with Crippen LogP contribution in [-0.4, -0.2) is 11.1 Å². The lowest BCUT2D eigenvalue weighted by molar-refractivity contribution is -0.113. The summed E-state index contributed by atoms with van der Waals surface area (Å²) in [5, 5.41) is 0.604. The number of hydrogen-bond acceptors (Lipinski definition) is 3. The molecule has 1 aliphatic rings. The Bertz CT molecular complexity index is 1140. The molecule has 0 aliphatic carbocycles. The number of rotatable bonds is 3. The van der Waals surface area contributed by atoms with Crippen LogP contribution in [0.1, 0.15) is 16.7 Å². The zero-order valence-electron chi connectivity index (χ0n) is 16.1. The number of anilines is 1. The number of para-hydroxylation sites is 2. The maximum atomic E-state index is 13.3. The number of aliphatic imine (C=N–C) groups is 1. The summed E-state index contributed by atoms with van der Waals surface area (Å²) in [7, 11) is 0. The van der Waals surface area contributed by atoms with Gasteiger partial charge in [0.15, 0.2) is 5.17 Å². The van der Waals surface area contributed by atoms with Crippen molar-refractivity contribution < 1.29 is 9.18 Å². The maximum Gasteiger partial charge on any atom is 0.271 e. The van der Waals surface area contributed by atoms with Crippen LogP contribution in [0.15, 0.2) is 82.7 Å². The minimum Gasteiger partial charge on any atom is -0.268 e. The van der Waals surface area contributed by atoms with Gasteiger partial charge in [0.05, 0.1) is 16.3 Å². The average molecular weight is 402 g/mol. The summed E-state index contributed by atoms with van der Waals surface area (Å²) in [4.78, 5) is 20.3. The summed E-state index contributed by atoms with van der Waals surface area (Å²) >= 11 is 1.33. The van der Waals surface area contributed by atoms with Crippen molar-refractivity contribution in [3.63, 3.8) is 0 Å². The number of aryl methyl sites for hydroxylation is 2. The van der Waals surface area contributed by atoms with Crippen LogP contribution in [0, 0.1) is 19.7 Å². The second kappa shape index (κ2) is 8.05. The number of carbonyl (C=O) groups excluding carboxylic acids is 1. The fourth-order valence-electron chi connectivity index (χ4n) is 3.08. The fraction of sp³-hybridized carbons (Fsp3) is 0.0833. The molecule has 1 amide bonds. The van der Waals surface area contributed by atoms with Gasteiger partial charge in [-0.25, -0.2) is 9.38 Å². The van der Waals surface area contributed by atoms with E-state index in [-0.39, 0.29) is 11.7 Å². The quantitative estimate of drug-likeness (QED) is 0.485. The van der Waals surface area contributed by atoms with E-state index in [0.717, 1.165) is 28.1 Å². The van der Waals surface area contributed by atoms with Crippen molar-refractivity contribution in [1.29, 1.82) is 0 Å². The number of hydrogen-bond donors (Lipinski definition) is 0. The highest BCUT2D eigenvalue weighted by Crippen LogP contribution is 2.38. The summed E-state index contributed by atoms with van der Waals surface area (Å²) in [6.07, 6.45) is 1.78. The Balaban J connectivity index is 1.81. The SMILES string of the molecule is Cc1ccccc1N=C1SC(=Cc2ccc(F)cc2)C(=O)N1c1ccccc1C. The van der Waals surface area contributed by atoms with E-state index in [1.165, 1.54) is 23.9 Å². The normalized spacial score (nSPS) is 16.8. The molecule has 3 nitrogen and oxygen atoms in total. The zero-order valence-corrected chi connectivity index (χ0v) is 16.9. The van der Waals surface area contributed by atoms with E-state index in [2.05, 4.69) is 0 Å². The molecule has 1 fully saturated rings. The number of halogens is 1. The first-order valence-corrected chi connectivity index (χ1v) is 10.0. The lowest BCUT2D eigenvalue weighted by atomic mass is 10.1. The highest BCUT2D eigenvalue weighted by molar-refractivity contribution is 8.19. The zero-order chi connectivity index (χ0) is 20.4. The molecule has 0 N–H and O–H groups in total. The molecular formula is C24H19FN2OS. The molecule has 0 atom stereocenters. The van der Waals surface area contributed by atoms with Crippen LogP contribution in [0.3, 0.4) is 0 Å². The lowest BCUT2D eigenvalue weighted by Crippen LogP contribution is -2.29. The first kappa shape index (κ1) is 19.2. The largest absolute Gasteiger partial charge is 0.271 e. The van der Waals surface area contributed by atoms with Gasteiger partial charge in [-0.3, -0.25) is 9.69 Å². The molecule has 0 bridgehead atoms. The van der Waals surface area contributed by atoms with Crippen molar-refractivity contribution in [2.45, 2.75) is 13.8 Å². The van der Waals surface area contributed by atoms with Gasteiger partial charge in [0.1, 0.15) is 5.82 Å². The van der Waals surface area contributed by atoms with Crippen molar-refractivity contribution in [1.82, 2.24) is 0 Å². The highest BCUT2D eigenvalue weighted by atomic mass is 32.2. The van der Waals surface area contributed by atoms with E-state index in [9.17, 15) is 9.18 Å². The Labute approximate surface area is 173 Å². The van der Waals surface area contributed by atoms with Gasteiger partial charge in [0.25, 0.3) is 5.91 Å². The Morgan fingerprint density at radius 1 is 0.897 bits per heavy atom. The van der Waals surface area contributed by atoms with Crippen molar-refractivity contribution in [2.75, 3.05) is 4.90 Å². The monoisotopic (exact) mass is 402 g/mol. The number of thioether (sulfide) groups is 1. The number of carbonyl (C=O) groups is 1. The first-order chi connectivity index (χ1) is 14.0. The summed E-state index contributed by atoms with van der Waals surface area (Å²) in [6, 6.07) is 21.7. The number of amides is 1. The molecule has 0 unspecified atom stereocenters. The van der Waals surface area contributed by atoms with Gasteiger partial charge < -0.3 is 0 Å². The van der Waals surface area contributed by atoms with E-state index >= 15 is 0 Å². The molecular weight excluding hydrogens is 383 g/mol. The molecule has 3 aromatic carbocycles. The lowest BCUT2D eigenvalue weighted by Gasteiger charge is -2.18. The minimum absolute atomic E-state index is 0.138. The van der Waals surface area contributed by atoms with Crippen molar-refractivity contribution in [3.8, 4) is 0 Å². The third-order valence-corrected chi connectivity index (χ3v) is 5.63. The molecule has 1 heterocycles. The summed E-state index contributed by atoms with van der Waals surface area (Å²) < 4.78 is 13.2. The molecule has 144 valence electrons. The third-order valence-electron chi connectivity index (χ3n) is 4.66. The Kier molecular flexibility index (Phi) is 5.32. The van der Waals surface area contributed by atoms with Crippen molar-refractivity contribution in [3.05, 3.63) is 100 Å². The van der Waals surface area contributed by atoms with Crippen LogP contribution >= 0.6 is 11.8 Å². The fourth-order valence-corrected chi connectivity index (χ4v) is 4.06. The number of nitrogens with zero attached hydrogens (tertiary/aromatic N) is 2. The third kappa shape index (κ3) is 4.00. The Hall–Kier alpha value is -3.18. The Morgan fingerprint density at radius 2 is 1.55 bits per heavy atom. The van der Waals surface area contributed by atoms with Crippen LogP contribution < -0.4 is 4.90 Å². The molecule has 3 aromatic rings. The minimum atomic E-state index is -0.305. The molecule has 0 spiro atoms. The van der Waals surface area contributed by atoms with Gasteiger partial charge in [-0.15, -0.1) is 0 Å². The van der Waals surface area contributed by atoms with Crippen LogP contribution in [0.5, 0.6) is 0 Å². The van der Waals surface area contributed by atoms with Gasteiger partial charge in [-0.05, 0) is 72.6 Å². The summed E-state index contributed by atoms with van der Waals surface area (Å²) in [6.45, 7) is 3.97. The molecule has 4 rings (SSSR count). The van der Waals surface area contributed by atoms with Crippen LogP contribution in [0.2, 0.25) is 0 Å². The molecule has 29 heavy (non-hydrogen) atoms. The molecule has 1 aliphatic heterocycles. The predicted octanol–water partition coefficient (Wildman–Crippen LogP) is 6.25. The van der Waals surface area contributed by atoms with Gasteiger partial charge in [0.2, 0.25) is 0 Å². The predicted molar refractivity (Wildman–Crippen MR) is 119 cm³/mol. The van der Waals surface area contributed by atoms with Gasteiger partial charge in [0, 0.05) is 0 Å². The van der Waals surface area contributed by atoms with Gasteiger partial charge in [-0.1, -0.05) is 48.5 Å². The van der Waals surface area contributed by atoms with Gasteiger partial charge in [-0.2, -0.15) is 0 Å². The molecule has 5 heteroatoms. The summed E-state index contributed by atoms with van der Waals surface area (Å²) in [5.74, 6) is -0.443. The standard InChI is InChI=1S/C24H19FN2OS/c1-16-7-3-5-9-20(16)26-24-27(21-10-6-4-8-17(21)2)23(28)22(29-24)15-18-11-13-19(25)14-12-18/h3-15H,1-2H3. The summed E-state index contributed by atoms with van der Waals surface area (Å²) in [5.41, 5.74) is 4.42. The first-order valence-electron chi connectivity index (χ1n) is 9.22. The average Bonchev–Trinajstić information content (AvgIpc) is 3.01. The number of benzene rings is 3. The second-order valence-electron chi connectivity index (χ2n) is 6.77. The van der Waals surface area contributed by atoms with Crippen LogP contribution in [-0.2, 0) is 4.79 Å². The van der Waals surface area contributed by atoms with E-state index in [1.54, 1.807) is 23.1 Å². The van der Waals surface area contributed by atoms with Crippen molar-refractivity contribution >= 4 is 40.3 Å². The molecule has 1 saturated heterocycles. The van der Waals surface area contributed by atoms with E-state index in [4.69, 9.17) is 4.99 Å². The topological polar surface area (TPSA) is 32.7 Å². The Morgan fingerprint density at radius 3 is 2.24 bits per heavy atom. The van der Waals surface area contributed by atoms with E-state index < -0.39 is 0 Å². The van der Waals surface area contributed by atoms with E-state index in [0.29, 0.717) is 10.1 Å². The molecule has 0 radical (unpaired) electrons. The second-order valence-corrected chi connectivity index (χ2v) is 7.78. The van der Waals surface area contributed by atoms with Crippen LogP contribution in [0.4, 0.5) is 15.8 Å². The van der Waals surface area contributed by atoms with Crippen molar-refractivity contribution in [2.24, 2.45) is 4.99 Å². The molecule has 0 saturated carbocycles. The number of amidine groups is 1. The van der Waals surface area contributed by atoms with Crippen LogP contribution in [0.25, 0.3) is 6.08 Å². The van der Waals surface area contributed by atoms with Gasteiger partial charge >= 0.3 is 0 Å². The molecule has 0 aromatic heterocycles. The smallest absolute Gasteiger partial charge is 0.268 e.